The smallest absolute Gasteiger partial charge is 0.340 e. The van der Waals surface area contributed by atoms with Crippen LogP contribution in [0.3, 0.4) is 0 Å². The van der Waals surface area contributed by atoms with Gasteiger partial charge in [-0.2, -0.15) is 0 Å². The standard InChI is InChI=1S/C30H28BrN3O6/c1-5-39-30(38)26-19(4)34(22-10-7-20(31)8-11-22)29(37)25(26)15-23-12-13-24(40-23)16-32-27(35)28(36)33-21-9-6-17(2)18(3)14-21/h6-15H,5,16H2,1-4H3,(H,32,35)(H,33,36)/b25-15+. The van der Waals surface area contributed by atoms with E-state index in [1.54, 1.807) is 62.4 Å². The van der Waals surface area contributed by atoms with Crippen molar-refractivity contribution in [3.05, 3.63) is 98.6 Å². The topological polar surface area (TPSA) is 118 Å². The molecule has 0 radical (unpaired) electrons. The average molecular weight is 606 g/mol. The summed E-state index contributed by atoms with van der Waals surface area (Å²) in [4.78, 5) is 52.4. The minimum absolute atomic E-state index is 0.0546. The van der Waals surface area contributed by atoms with Crippen LogP contribution in [0.1, 0.15) is 36.5 Å². The highest BCUT2D eigenvalue weighted by Crippen LogP contribution is 2.36. The summed E-state index contributed by atoms with van der Waals surface area (Å²) in [5.41, 5.74) is 3.89. The first kappa shape index (κ1) is 28.6. The molecule has 4 rings (SSSR count). The monoisotopic (exact) mass is 605 g/mol. The molecule has 0 saturated heterocycles. The second-order valence-electron chi connectivity index (χ2n) is 9.10. The molecule has 0 aliphatic carbocycles. The van der Waals surface area contributed by atoms with Crippen molar-refractivity contribution in [2.75, 3.05) is 16.8 Å². The quantitative estimate of drug-likeness (QED) is 0.218. The van der Waals surface area contributed by atoms with E-state index in [-0.39, 0.29) is 24.3 Å². The number of halogens is 1. The van der Waals surface area contributed by atoms with Crippen LogP contribution in [-0.2, 0) is 30.5 Å². The third-order valence-electron chi connectivity index (χ3n) is 6.33. The number of hydrogen-bond acceptors (Lipinski definition) is 6. The van der Waals surface area contributed by atoms with Crippen molar-refractivity contribution in [3.63, 3.8) is 0 Å². The van der Waals surface area contributed by atoms with E-state index < -0.39 is 23.7 Å². The first-order valence-corrected chi connectivity index (χ1v) is 13.3. The number of nitrogens with zero attached hydrogens (tertiary/aromatic N) is 1. The molecule has 2 N–H and O–H groups in total. The fourth-order valence-corrected chi connectivity index (χ4v) is 4.41. The molecule has 0 unspecified atom stereocenters. The molecule has 3 aromatic rings. The van der Waals surface area contributed by atoms with Crippen molar-refractivity contribution in [2.45, 2.75) is 34.2 Å². The van der Waals surface area contributed by atoms with Gasteiger partial charge in [-0.15, -0.1) is 0 Å². The lowest BCUT2D eigenvalue weighted by atomic mass is 10.1. The molecule has 10 heteroatoms. The van der Waals surface area contributed by atoms with Gasteiger partial charge in [0.25, 0.3) is 5.91 Å². The average Bonchev–Trinajstić information content (AvgIpc) is 3.47. The number of hydrogen-bond donors (Lipinski definition) is 2. The molecule has 40 heavy (non-hydrogen) atoms. The Kier molecular flexibility index (Phi) is 8.69. The molecule has 2 heterocycles. The van der Waals surface area contributed by atoms with Crippen LogP contribution in [0.25, 0.3) is 6.08 Å². The fraction of sp³-hybridized carbons (Fsp3) is 0.200. The zero-order chi connectivity index (χ0) is 29.0. The van der Waals surface area contributed by atoms with Gasteiger partial charge in [-0.25, -0.2) is 4.79 Å². The summed E-state index contributed by atoms with van der Waals surface area (Å²) in [5.74, 6) is -2.01. The molecule has 0 saturated carbocycles. The number of allylic oxidation sites excluding steroid dienone is 1. The van der Waals surface area contributed by atoms with E-state index >= 15 is 0 Å². The lowest BCUT2D eigenvalue weighted by Gasteiger charge is -2.17. The Bertz CT molecular complexity index is 1550. The highest BCUT2D eigenvalue weighted by atomic mass is 79.9. The number of carbonyl (C=O) groups excluding carboxylic acids is 4. The second kappa shape index (κ2) is 12.2. The highest BCUT2D eigenvalue weighted by molar-refractivity contribution is 9.10. The summed E-state index contributed by atoms with van der Waals surface area (Å²) >= 11 is 3.39. The zero-order valence-corrected chi connectivity index (χ0v) is 24.0. The van der Waals surface area contributed by atoms with Gasteiger partial charge in [0.1, 0.15) is 11.5 Å². The molecule has 0 fully saturated rings. The van der Waals surface area contributed by atoms with Gasteiger partial charge >= 0.3 is 17.8 Å². The van der Waals surface area contributed by atoms with Gasteiger partial charge < -0.3 is 19.8 Å². The molecule has 0 spiro atoms. The van der Waals surface area contributed by atoms with Crippen molar-refractivity contribution in [1.82, 2.24) is 5.32 Å². The summed E-state index contributed by atoms with van der Waals surface area (Å²) in [5, 5.41) is 5.09. The largest absolute Gasteiger partial charge is 0.462 e. The van der Waals surface area contributed by atoms with E-state index in [9.17, 15) is 19.2 Å². The Labute approximate surface area is 240 Å². The number of amides is 3. The zero-order valence-electron chi connectivity index (χ0n) is 22.5. The van der Waals surface area contributed by atoms with E-state index in [1.807, 2.05) is 19.9 Å². The Hall–Kier alpha value is -4.44. The summed E-state index contributed by atoms with van der Waals surface area (Å²) in [6.45, 7) is 7.34. The van der Waals surface area contributed by atoms with Crippen molar-refractivity contribution < 1.29 is 28.3 Å². The number of furan rings is 1. The highest BCUT2D eigenvalue weighted by Gasteiger charge is 2.38. The van der Waals surface area contributed by atoms with E-state index in [0.717, 1.165) is 15.6 Å². The Morgan fingerprint density at radius 2 is 1.70 bits per heavy atom. The molecule has 0 atom stereocenters. The maximum atomic E-state index is 13.5. The van der Waals surface area contributed by atoms with Gasteiger partial charge in [-0.1, -0.05) is 22.0 Å². The van der Waals surface area contributed by atoms with Crippen LogP contribution >= 0.6 is 15.9 Å². The van der Waals surface area contributed by atoms with Crippen LogP contribution in [-0.4, -0.2) is 30.3 Å². The summed E-state index contributed by atoms with van der Waals surface area (Å²) in [7, 11) is 0. The van der Waals surface area contributed by atoms with E-state index in [0.29, 0.717) is 28.6 Å². The Morgan fingerprint density at radius 3 is 2.38 bits per heavy atom. The molecule has 9 nitrogen and oxygen atoms in total. The number of anilines is 2. The SMILES string of the molecule is CCOC(=O)C1=C(C)N(c2ccc(Br)cc2)C(=O)/C1=C/c1ccc(CNC(=O)C(=O)Nc2ccc(C)c(C)c2)o1. The van der Waals surface area contributed by atoms with Crippen molar-refractivity contribution in [3.8, 4) is 0 Å². The number of esters is 1. The van der Waals surface area contributed by atoms with Gasteiger partial charge in [-0.05, 0) is 93.4 Å². The van der Waals surface area contributed by atoms with Crippen molar-refractivity contribution in [2.24, 2.45) is 0 Å². The van der Waals surface area contributed by atoms with Gasteiger partial charge in [0.2, 0.25) is 0 Å². The number of ether oxygens (including phenoxy) is 1. The van der Waals surface area contributed by atoms with Gasteiger partial charge in [0.15, 0.2) is 0 Å². The molecule has 0 bridgehead atoms. The summed E-state index contributed by atoms with van der Waals surface area (Å²) in [6, 6.07) is 15.7. The van der Waals surface area contributed by atoms with Crippen LogP contribution in [0.5, 0.6) is 0 Å². The third-order valence-corrected chi connectivity index (χ3v) is 6.86. The Morgan fingerprint density at radius 1 is 0.975 bits per heavy atom. The van der Waals surface area contributed by atoms with Crippen LogP contribution in [0.4, 0.5) is 11.4 Å². The number of benzene rings is 2. The normalized spacial score (nSPS) is 14.1. The number of carbonyl (C=O) groups is 4. The van der Waals surface area contributed by atoms with Gasteiger partial charge in [0.05, 0.1) is 24.3 Å². The lowest BCUT2D eigenvalue weighted by Crippen LogP contribution is -2.34. The molecule has 3 amide bonds. The maximum Gasteiger partial charge on any atom is 0.340 e. The molecular weight excluding hydrogens is 578 g/mol. The minimum Gasteiger partial charge on any atom is -0.462 e. The van der Waals surface area contributed by atoms with Crippen molar-refractivity contribution >= 4 is 57.1 Å². The van der Waals surface area contributed by atoms with Gasteiger partial charge in [0, 0.05) is 21.5 Å². The maximum absolute atomic E-state index is 13.5. The van der Waals surface area contributed by atoms with Crippen molar-refractivity contribution in [1.29, 1.82) is 0 Å². The Balaban J connectivity index is 1.49. The third kappa shape index (κ3) is 6.23. The predicted molar refractivity (Wildman–Crippen MR) is 154 cm³/mol. The molecule has 1 aliphatic rings. The molecule has 2 aromatic carbocycles. The first-order chi connectivity index (χ1) is 19.1. The van der Waals surface area contributed by atoms with Crippen LogP contribution in [0.2, 0.25) is 0 Å². The number of nitrogens with one attached hydrogen (secondary N) is 2. The number of aryl methyl sites for hydroxylation is 2. The van der Waals surface area contributed by atoms with E-state index in [2.05, 4.69) is 26.6 Å². The minimum atomic E-state index is -0.825. The lowest BCUT2D eigenvalue weighted by molar-refractivity contribution is -0.138. The molecule has 1 aromatic heterocycles. The molecular formula is C30H28BrN3O6. The molecule has 1 aliphatic heterocycles. The van der Waals surface area contributed by atoms with Gasteiger partial charge in [-0.3, -0.25) is 19.3 Å². The fourth-order valence-electron chi connectivity index (χ4n) is 4.15. The summed E-state index contributed by atoms with van der Waals surface area (Å²) < 4.78 is 11.9. The van der Waals surface area contributed by atoms with E-state index in [1.165, 1.54) is 11.0 Å². The van der Waals surface area contributed by atoms with Crippen LogP contribution in [0.15, 0.2) is 80.3 Å². The first-order valence-electron chi connectivity index (χ1n) is 12.5. The van der Waals surface area contributed by atoms with E-state index in [4.69, 9.17) is 9.15 Å². The second-order valence-corrected chi connectivity index (χ2v) is 10.0. The molecule has 206 valence electrons. The number of rotatable bonds is 7. The predicted octanol–water partition coefficient (Wildman–Crippen LogP) is 5.18. The summed E-state index contributed by atoms with van der Waals surface area (Å²) in [6.07, 6.45) is 1.47. The van der Waals surface area contributed by atoms with Crippen LogP contribution in [0, 0.1) is 13.8 Å². The van der Waals surface area contributed by atoms with Crippen LogP contribution < -0.4 is 15.5 Å².